The van der Waals surface area contributed by atoms with E-state index in [1.807, 2.05) is 30.7 Å². The van der Waals surface area contributed by atoms with E-state index in [1.165, 1.54) is 0 Å². The van der Waals surface area contributed by atoms with E-state index in [0.29, 0.717) is 36.8 Å². The van der Waals surface area contributed by atoms with Crippen molar-refractivity contribution in [3.8, 4) is 11.4 Å². The molecule has 0 aliphatic carbocycles. The molecule has 0 amide bonds. The number of aromatic nitrogens is 2. The highest BCUT2D eigenvalue weighted by Gasteiger charge is 2.52. The maximum Gasteiger partial charge on any atom is 0.194 e. The molecule has 0 radical (unpaired) electrons. The average Bonchev–Trinajstić information content (AvgIpc) is 3.52. The molecule has 0 bridgehead atoms. The Morgan fingerprint density at radius 1 is 1.21 bits per heavy atom. The molecule has 2 unspecified atom stereocenters. The first kappa shape index (κ1) is 26.7. The lowest BCUT2D eigenvalue weighted by molar-refractivity contribution is 0.120. The number of aryl methyl sites for hydroxylation is 1. The van der Waals surface area contributed by atoms with Gasteiger partial charge in [0.1, 0.15) is 5.75 Å². The minimum Gasteiger partial charge on any atom is -0.495 e. The first-order valence-electron chi connectivity index (χ1n) is 13.0. The summed E-state index contributed by atoms with van der Waals surface area (Å²) < 4.78 is 49.6. The second-order valence-electron chi connectivity index (χ2n) is 10.7. The third kappa shape index (κ3) is 4.53. The Balaban J connectivity index is 1.53. The lowest BCUT2D eigenvalue weighted by atomic mass is 9.67. The predicted molar refractivity (Wildman–Crippen MR) is 145 cm³/mol. The monoisotopic (exact) mass is 537 g/mol. The topological polar surface area (TPSA) is 59.6 Å². The molecular weight excluding hydrogens is 503 g/mol. The highest BCUT2D eigenvalue weighted by atomic mass is 19.2. The van der Waals surface area contributed by atoms with Gasteiger partial charge in [-0.1, -0.05) is 19.2 Å². The number of nitrogens with zero attached hydrogens (tertiary/aromatic N) is 4. The second-order valence-corrected chi connectivity index (χ2v) is 10.7. The molecule has 2 aromatic carbocycles. The van der Waals surface area contributed by atoms with Gasteiger partial charge in [0.25, 0.3) is 0 Å². The Morgan fingerprint density at radius 2 is 1.92 bits per heavy atom. The van der Waals surface area contributed by atoms with Gasteiger partial charge < -0.3 is 24.8 Å². The zero-order valence-corrected chi connectivity index (χ0v) is 22.6. The Labute approximate surface area is 227 Å². The Bertz CT molecular complexity index is 1410. The third-order valence-electron chi connectivity index (χ3n) is 8.44. The van der Waals surface area contributed by atoms with Crippen molar-refractivity contribution >= 4 is 0 Å². The number of nitrogens with two attached hydrogens (primary N) is 1. The summed E-state index contributed by atoms with van der Waals surface area (Å²) in [6, 6.07) is 7.91. The van der Waals surface area contributed by atoms with E-state index in [1.54, 1.807) is 13.4 Å². The predicted octanol–water partition coefficient (Wildman–Crippen LogP) is 5.79. The number of hydrogen-bond acceptors (Lipinski definition) is 5. The lowest BCUT2D eigenvalue weighted by Crippen LogP contribution is -2.45. The van der Waals surface area contributed by atoms with Crippen molar-refractivity contribution in [3.63, 3.8) is 0 Å². The Kier molecular flexibility index (Phi) is 6.86. The lowest BCUT2D eigenvalue weighted by Gasteiger charge is -2.49. The summed E-state index contributed by atoms with van der Waals surface area (Å²) in [4.78, 5) is 8.49. The quantitative estimate of drug-likeness (QED) is 0.403. The third-order valence-corrected chi connectivity index (χ3v) is 8.44. The molecule has 6 nitrogen and oxygen atoms in total. The molecule has 1 spiro atoms. The normalized spacial score (nSPS) is 22.0. The van der Waals surface area contributed by atoms with Crippen LogP contribution in [0.4, 0.5) is 13.2 Å². The summed E-state index contributed by atoms with van der Waals surface area (Å²) in [6.45, 7) is 14.3. The number of methoxy groups -OCH3 is 1. The number of imidazole rings is 1. The molecule has 39 heavy (non-hydrogen) atoms. The standard InChI is InChI=1S/C30H34F3N5O/c1-18-14-37(17-35-18)27-8-7-22(13-28(27)39-5)24-15-36(21(4)34)16-30(24)9-6-10-38(20(30)3)19(2)23-11-25(31)29(33)26(32)12-23/h7-8,11-14,17,19,24H,3-4,6,9-10,15-16,34H2,1-2,5H3/t19-,24?,30?/m0/s1. The van der Waals surface area contributed by atoms with Gasteiger partial charge in [0, 0.05) is 42.9 Å². The second kappa shape index (κ2) is 10.0. The van der Waals surface area contributed by atoms with Crippen LogP contribution in [0.25, 0.3) is 5.69 Å². The molecule has 1 aromatic heterocycles. The van der Waals surface area contributed by atoms with Crippen LogP contribution >= 0.6 is 0 Å². The van der Waals surface area contributed by atoms with Crippen LogP contribution < -0.4 is 10.5 Å². The number of likely N-dealkylation sites (tertiary alicyclic amines) is 2. The Hall–Kier alpha value is -3.88. The van der Waals surface area contributed by atoms with Crippen LogP contribution in [0, 0.1) is 29.8 Å². The van der Waals surface area contributed by atoms with Gasteiger partial charge >= 0.3 is 0 Å². The summed E-state index contributed by atoms with van der Waals surface area (Å²) in [5.74, 6) is -2.65. The SMILES string of the molecule is C=C(N)N1CC(c2ccc(-n3cnc(C)c3)c(OC)c2)C2(CCCN([C@@H](C)c3cc(F)c(F)c(F)c3)C2=C)C1. The molecule has 2 aliphatic rings. The number of halogens is 3. The number of benzene rings is 2. The summed E-state index contributed by atoms with van der Waals surface area (Å²) in [7, 11) is 1.65. The van der Waals surface area contributed by atoms with E-state index in [9.17, 15) is 13.2 Å². The van der Waals surface area contributed by atoms with Crippen LogP contribution in [-0.2, 0) is 0 Å². The summed E-state index contributed by atoms with van der Waals surface area (Å²) in [5.41, 5.74) is 9.89. The van der Waals surface area contributed by atoms with Crippen LogP contribution in [-0.4, -0.2) is 46.1 Å². The van der Waals surface area contributed by atoms with Crippen molar-refractivity contribution in [1.82, 2.24) is 19.4 Å². The van der Waals surface area contributed by atoms with E-state index >= 15 is 0 Å². The molecule has 3 aromatic rings. The van der Waals surface area contributed by atoms with Gasteiger partial charge in [-0.05, 0) is 62.1 Å². The largest absolute Gasteiger partial charge is 0.495 e. The van der Waals surface area contributed by atoms with Gasteiger partial charge in [-0.2, -0.15) is 0 Å². The molecule has 206 valence electrons. The first-order valence-corrected chi connectivity index (χ1v) is 13.0. The van der Waals surface area contributed by atoms with Crippen molar-refractivity contribution in [2.24, 2.45) is 11.1 Å². The highest BCUT2D eigenvalue weighted by Crippen LogP contribution is 2.55. The molecule has 5 rings (SSSR count). The van der Waals surface area contributed by atoms with Crippen molar-refractivity contribution in [2.75, 3.05) is 26.7 Å². The number of ether oxygens (including phenoxy) is 1. The maximum absolute atomic E-state index is 14.1. The maximum atomic E-state index is 14.1. The first-order chi connectivity index (χ1) is 18.6. The van der Waals surface area contributed by atoms with Crippen molar-refractivity contribution in [1.29, 1.82) is 0 Å². The molecule has 3 heterocycles. The molecule has 9 heteroatoms. The van der Waals surface area contributed by atoms with Crippen molar-refractivity contribution < 1.29 is 17.9 Å². The highest BCUT2D eigenvalue weighted by molar-refractivity contribution is 5.51. The van der Waals surface area contributed by atoms with Gasteiger partial charge in [0.15, 0.2) is 17.5 Å². The fourth-order valence-electron chi connectivity index (χ4n) is 6.33. The minimum absolute atomic E-state index is 0.00876. The van der Waals surface area contributed by atoms with Crippen LogP contribution in [0.15, 0.2) is 67.5 Å². The van der Waals surface area contributed by atoms with Gasteiger partial charge in [-0.15, -0.1) is 0 Å². The fourth-order valence-corrected chi connectivity index (χ4v) is 6.33. The fraction of sp³-hybridized carbons (Fsp3) is 0.367. The molecule has 0 saturated carbocycles. The number of piperidine rings is 1. The van der Waals surface area contributed by atoms with Crippen LogP contribution in [0.2, 0.25) is 0 Å². The van der Waals surface area contributed by atoms with Crippen LogP contribution in [0.3, 0.4) is 0 Å². The molecular formula is C30H34F3N5O. The zero-order valence-electron chi connectivity index (χ0n) is 22.6. The van der Waals surface area contributed by atoms with E-state index in [0.717, 1.165) is 47.6 Å². The number of rotatable bonds is 6. The molecule has 2 saturated heterocycles. The van der Waals surface area contributed by atoms with Crippen molar-refractivity contribution in [2.45, 2.75) is 38.6 Å². The zero-order chi connectivity index (χ0) is 28.1. The summed E-state index contributed by atoms with van der Waals surface area (Å²) in [6.07, 6.45) is 5.41. The van der Waals surface area contributed by atoms with E-state index in [-0.39, 0.29) is 5.92 Å². The van der Waals surface area contributed by atoms with Gasteiger partial charge in [-0.3, -0.25) is 0 Å². The number of hydrogen-bond donors (Lipinski definition) is 1. The van der Waals surface area contributed by atoms with Crippen molar-refractivity contribution in [3.05, 3.63) is 102 Å². The minimum atomic E-state index is -1.46. The van der Waals surface area contributed by atoms with Crippen LogP contribution in [0.1, 0.15) is 48.5 Å². The molecule has 2 fully saturated rings. The van der Waals surface area contributed by atoms with Crippen LogP contribution in [0.5, 0.6) is 5.75 Å². The molecule has 3 atom stereocenters. The van der Waals surface area contributed by atoms with E-state index in [4.69, 9.17) is 10.5 Å². The average molecular weight is 538 g/mol. The Morgan fingerprint density at radius 3 is 2.54 bits per heavy atom. The smallest absolute Gasteiger partial charge is 0.194 e. The van der Waals surface area contributed by atoms with Gasteiger partial charge in [0.05, 0.1) is 36.7 Å². The van der Waals surface area contributed by atoms with Gasteiger partial charge in [-0.25, -0.2) is 18.2 Å². The summed E-state index contributed by atoms with van der Waals surface area (Å²) >= 11 is 0. The molecule has 2 N–H and O–H groups in total. The molecule has 2 aliphatic heterocycles. The van der Waals surface area contributed by atoms with E-state index < -0.39 is 28.9 Å². The summed E-state index contributed by atoms with van der Waals surface area (Å²) in [5, 5.41) is 0. The van der Waals surface area contributed by atoms with E-state index in [2.05, 4.69) is 40.1 Å². The van der Waals surface area contributed by atoms with Gasteiger partial charge in [0.2, 0.25) is 0 Å².